The number of rotatable bonds is 6. The number of fused-ring (bicyclic) bond motifs is 1. The van der Waals surface area contributed by atoms with Crippen molar-refractivity contribution in [2.45, 2.75) is 25.3 Å². The van der Waals surface area contributed by atoms with Crippen molar-refractivity contribution in [1.82, 2.24) is 10.3 Å². The molecule has 1 amide bonds. The van der Waals surface area contributed by atoms with E-state index >= 15 is 0 Å². The van der Waals surface area contributed by atoms with Crippen LogP contribution in [0.1, 0.15) is 18.4 Å². The summed E-state index contributed by atoms with van der Waals surface area (Å²) >= 11 is 0. The lowest BCUT2D eigenvalue weighted by atomic mass is 10.0. The van der Waals surface area contributed by atoms with Crippen LogP contribution in [-0.4, -0.2) is 47.9 Å². The Hall–Kier alpha value is -2.35. The van der Waals surface area contributed by atoms with Crippen LogP contribution >= 0.6 is 0 Å². The number of carbonyl (C=O) groups excluding carboxylic acids is 1. The summed E-state index contributed by atoms with van der Waals surface area (Å²) in [5.41, 5.74) is 1.72. The van der Waals surface area contributed by atoms with E-state index in [1.54, 1.807) is 6.20 Å². The summed E-state index contributed by atoms with van der Waals surface area (Å²) in [7, 11) is -3.05. The minimum atomic E-state index is -3.05. The third kappa shape index (κ3) is 4.19. The van der Waals surface area contributed by atoms with Gasteiger partial charge in [0.15, 0.2) is 9.84 Å². The highest BCUT2D eigenvalue weighted by molar-refractivity contribution is 7.91. The van der Waals surface area contributed by atoms with Crippen molar-refractivity contribution in [2.24, 2.45) is 5.92 Å². The largest absolute Gasteiger partial charge is 0.480 e. The molecule has 3 N–H and O–H groups in total. The Balaban J connectivity index is 1.65. The molecule has 1 fully saturated rings. The number of aromatic amines is 1. The lowest BCUT2D eigenvalue weighted by molar-refractivity contribution is -0.141. The van der Waals surface area contributed by atoms with Crippen LogP contribution in [0.5, 0.6) is 0 Å². The number of aliphatic carboxylic acids is 1. The second-order valence-electron chi connectivity index (χ2n) is 6.50. The SMILES string of the molecule is O=C(C[C@@H]1CCS(=O)(=O)C1)N[C@H](Cc1c[nH]c2ccccc12)C(=O)O. The molecule has 3 rings (SSSR count). The van der Waals surface area contributed by atoms with Crippen LogP contribution in [0.25, 0.3) is 10.9 Å². The van der Waals surface area contributed by atoms with Crippen LogP contribution in [0.2, 0.25) is 0 Å². The zero-order valence-electron chi connectivity index (χ0n) is 13.6. The van der Waals surface area contributed by atoms with Gasteiger partial charge in [0.1, 0.15) is 6.04 Å². The first-order valence-corrected chi connectivity index (χ1v) is 9.94. The Labute approximate surface area is 145 Å². The fourth-order valence-electron chi connectivity index (χ4n) is 3.27. The molecule has 7 nitrogen and oxygen atoms in total. The van der Waals surface area contributed by atoms with Crippen molar-refractivity contribution in [2.75, 3.05) is 11.5 Å². The Bertz CT molecular complexity index is 903. The number of H-pyrrole nitrogens is 1. The molecule has 8 heteroatoms. The Morgan fingerprint density at radius 1 is 1.32 bits per heavy atom. The fourth-order valence-corrected chi connectivity index (χ4v) is 5.13. The van der Waals surface area contributed by atoms with E-state index in [1.807, 2.05) is 24.3 Å². The molecule has 0 radical (unpaired) electrons. The van der Waals surface area contributed by atoms with Crippen molar-refractivity contribution in [1.29, 1.82) is 0 Å². The first-order valence-electron chi connectivity index (χ1n) is 8.11. The molecule has 2 atom stereocenters. The summed E-state index contributed by atoms with van der Waals surface area (Å²) < 4.78 is 22.9. The van der Waals surface area contributed by atoms with Crippen LogP contribution < -0.4 is 5.32 Å². The van der Waals surface area contributed by atoms with Gasteiger partial charge in [0.2, 0.25) is 5.91 Å². The average Bonchev–Trinajstić information content (AvgIpc) is 3.10. The van der Waals surface area contributed by atoms with Gasteiger partial charge in [0, 0.05) is 29.9 Å². The first-order chi connectivity index (χ1) is 11.8. The lowest BCUT2D eigenvalue weighted by Crippen LogP contribution is -2.42. The highest BCUT2D eigenvalue weighted by Crippen LogP contribution is 2.22. The van der Waals surface area contributed by atoms with Crippen LogP contribution in [0.15, 0.2) is 30.5 Å². The van der Waals surface area contributed by atoms with E-state index in [0.717, 1.165) is 16.5 Å². The topological polar surface area (TPSA) is 116 Å². The molecule has 0 spiro atoms. The molecule has 0 unspecified atom stereocenters. The number of hydrogen-bond donors (Lipinski definition) is 3. The maximum atomic E-state index is 12.1. The second kappa shape index (κ2) is 6.87. The number of hydrogen-bond acceptors (Lipinski definition) is 4. The summed E-state index contributed by atoms with van der Waals surface area (Å²) in [5, 5.41) is 12.9. The highest BCUT2D eigenvalue weighted by atomic mass is 32.2. The molecule has 0 saturated carbocycles. The lowest BCUT2D eigenvalue weighted by Gasteiger charge is -2.15. The number of aromatic nitrogens is 1. The van der Waals surface area contributed by atoms with Gasteiger partial charge in [-0.3, -0.25) is 4.79 Å². The average molecular weight is 364 g/mol. The maximum absolute atomic E-state index is 12.1. The molecule has 1 aliphatic rings. The van der Waals surface area contributed by atoms with Crippen LogP contribution in [0.3, 0.4) is 0 Å². The van der Waals surface area contributed by atoms with Crippen molar-refractivity contribution in [3.05, 3.63) is 36.0 Å². The van der Waals surface area contributed by atoms with Gasteiger partial charge in [-0.05, 0) is 24.0 Å². The quantitative estimate of drug-likeness (QED) is 0.710. The molecule has 2 heterocycles. The molecular weight excluding hydrogens is 344 g/mol. The number of nitrogens with one attached hydrogen (secondary N) is 2. The van der Waals surface area contributed by atoms with Gasteiger partial charge < -0.3 is 15.4 Å². The van der Waals surface area contributed by atoms with E-state index < -0.39 is 27.8 Å². The van der Waals surface area contributed by atoms with Crippen molar-refractivity contribution < 1.29 is 23.1 Å². The number of carbonyl (C=O) groups is 2. The summed E-state index contributed by atoms with van der Waals surface area (Å²) in [5.74, 6) is -1.66. The minimum absolute atomic E-state index is 0.000601. The maximum Gasteiger partial charge on any atom is 0.326 e. The monoisotopic (exact) mass is 364 g/mol. The number of carboxylic acid groups (broad SMARTS) is 1. The number of carboxylic acids is 1. The molecule has 2 aromatic rings. The van der Waals surface area contributed by atoms with Crippen molar-refractivity contribution in [3.8, 4) is 0 Å². The van der Waals surface area contributed by atoms with Gasteiger partial charge in [-0.25, -0.2) is 13.2 Å². The van der Waals surface area contributed by atoms with Gasteiger partial charge in [0.25, 0.3) is 0 Å². The Kier molecular flexibility index (Phi) is 4.80. The minimum Gasteiger partial charge on any atom is -0.480 e. The number of para-hydroxylation sites is 1. The Morgan fingerprint density at radius 2 is 2.08 bits per heavy atom. The first kappa shape index (κ1) is 17.5. The normalized spacial score (nSPS) is 20.4. The zero-order valence-corrected chi connectivity index (χ0v) is 14.4. The number of benzene rings is 1. The highest BCUT2D eigenvalue weighted by Gasteiger charge is 2.30. The fraction of sp³-hybridized carbons (Fsp3) is 0.412. The molecule has 25 heavy (non-hydrogen) atoms. The predicted molar refractivity (Wildman–Crippen MR) is 92.9 cm³/mol. The molecule has 1 aromatic heterocycles. The van der Waals surface area contributed by atoms with Crippen LogP contribution in [0.4, 0.5) is 0 Å². The molecule has 1 aliphatic heterocycles. The van der Waals surface area contributed by atoms with Gasteiger partial charge in [-0.2, -0.15) is 0 Å². The smallest absolute Gasteiger partial charge is 0.326 e. The van der Waals surface area contributed by atoms with E-state index in [0.29, 0.717) is 6.42 Å². The third-order valence-electron chi connectivity index (χ3n) is 4.53. The Morgan fingerprint density at radius 3 is 2.76 bits per heavy atom. The summed E-state index contributed by atoms with van der Waals surface area (Å²) in [4.78, 5) is 26.7. The molecule has 1 saturated heterocycles. The summed E-state index contributed by atoms with van der Waals surface area (Å²) in [6, 6.07) is 6.49. The molecule has 0 bridgehead atoms. The summed E-state index contributed by atoms with van der Waals surface area (Å²) in [6.45, 7) is 0. The zero-order chi connectivity index (χ0) is 18.0. The molecular formula is C17H20N2O5S. The van der Waals surface area contributed by atoms with E-state index in [2.05, 4.69) is 10.3 Å². The molecule has 0 aliphatic carbocycles. The van der Waals surface area contributed by atoms with E-state index in [1.165, 1.54) is 0 Å². The number of amides is 1. The van der Waals surface area contributed by atoms with E-state index in [-0.39, 0.29) is 30.3 Å². The number of sulfone groups is 1. The second-order valence-corrected chi connectivity index (χ2v) is 8.72. The van der Waals surface area contributed by atoms with Crippen LogP contribution in [-0.2, 0) is 25.8 Å². The van der Waals surface area contributed by atoms with E-state index in [4.69, 9.17) is 0 Å². The molecule has 1 aromatic carbocycles. The van der Waals surface area contributed by atoms with Gasteiger partial charge in [0.05, 0.1) is 11.5 Å². The van der Waals surface area contributed by atoms with Crippen LogP contribution in [0, 0.1) is 5.92 Å². The summed E-state index contributed by atoms with van der Waals surface area (Å²) in [6.07, 6.45) is 2.40. The van der Waals surface area contributed by atoms with Gasteiger partial charge in [-0.15, -0.1) is 0 Å². The predicted octanol–water partition coefficient (Wildman–Crippen LogP) is 1.10. The standard InChI is InChI=1S/C17H20N2O5S/c20-16(7-11-5-6-25(23,24)10-11)19-15(17(21)22)8-12-9-18-14-4-2-1-3-13(12)14/h1-4,9,11,15,18H,5-8,10H2,(H,19,20)(H,21,22)/t11-,15+/m0/s1. The van der Waals surface area contributed by atoms with Gasteiger partial charge in [-0.1, -0.05) is 18.2 Å². The molecule has 134 valence electrons. The van der Waals surface area contributed by atoms with Gasteiger partial charge >= 0.3 is 5.97 Å². The third-order valence-corrected chi connectivity index (χ3v) is 6.37. The van der Waals surface area contributed by atoms with Crippen molar-refractivity contribution >= 4 is 32.6 Å². The van der Waals surface area contributed by atoms with Crippen molar-refractivity contribution in [3.63, 3.8) is 0 Å². The van der Waals surface area contributed by atoms with E-state index in [9.17, 15) is 23.1 Å².